The molecule has 0 atom stereocenters. The van der Waals surface area contributed by atoms with E-state index < -0.39 is 0 Å². The lowest BCUT2D eigenvalue weighted by atomic mass is 10.1. The summed E-state index contributed by atoms with van der Waals surface area (Å²) in [5.74, 6) is 1.22. The predicted octanol–water partition coefficient (Wildman–Crippen LogP) is 5.63. The van der Waals surface area contributed by atoms with E-state index in [1.54, 1.807) is 16.2 Å². The third-order valence-corrected chi connectivity index (χ3v) is 6.55. The number of carbonyl (C=O) groups excluding carboxylic acids is 1. The molecule has 0 spiro atoms. The topological polar surface area (TPSA) is 77.1 Å². The number of aromatic nitrogens is 4. The molecule has 0 unspecified atom stereocenters. The van der Waals surface area contributed by atoms with E-state index in [1.807, 2.05) is 96.1 Å². The van der Waals surface area contributed by atoms with Gasteiger partial charge in [-0.25, -0.2) is 4.68 Å². The van der Waals surface area contributed by atoms with Crippen LogP contribution in [0.5, 0.6) is 0 Å². The average molecular weight is 484 g/mol. The molecule has 176 valence electrons. The minimum atomic E-state index is 0.0643. The molecule has 0 bridgehead atoms. The maximum atomic E-state index is 12.9. The number of benzene rings is 2. The Kier molecular flexibility index (Phi) is 6.81. The number of amides is 1. The second-order valence-electron chi connectivity index (χ2n) is 8.24. The van der Waals surface area contributed by atoms with E-state index in [-0.39, 0.29) is 5.91 Å². The molecule has 0 fully saturated rings. The van der Waals surface area contributed by atoms with Crippen molar-refractivity contribution in [2.75, 3.05) is 7.05 Å². The van der Waals surface area contributed by atoms with Crippen LogP contribution in [0.2, 0.25) is 0 Å². The van der Waals surface area contributed by atoms with Crippen LogP contribution in [-0.4, -0.2) is 37.8 Å². The summed E-state index contributed by atoms with van der Waals surface area (Å²) in [5.41, 5.74) is 3.87. The Morgan fingerprint density at radius 1 is 1.03 bits per heavy atom. The number of aryl methyl sites for hydroxylation is 1. The predicted molar refractivity (Wildman–Crippen MR) is 136 cm³/mol. The SMILES string of the molecule is CN(Cc1cn(-c2ccccc2)nc1-c1ccccc1)C(=O)CCCc1nc(-c2cccs2)no1. The molecule has 3 heterocycles. The van der Waals surface area contributed by atoms with Crippen molar-refractivity contribution in [3.8, 4) is 27.6 Å². The first kappa shape index (κ1) is 22.7. The van der Waals surface area contributed by atoms with Crippen molar-refractivity contribution in [1.82, 2.24) is 24.8 Å². The fourth-order valence-corrected chi connectivity index (χ4v) is 4.51. The van der Waals surface area contributed by atoms with Crippen molar-refractivity contribution in [2.24, 2.45) is 0 Å². The van der Waals surface area contributed by atoms with Gasteiger partial charge in [0.2, 0.25) is 17.6 Å². The smallest absolute Gasteiger partial charge is 0.226 e. The van der Waals surface area contributed by atoms with Gasteiger partial charge >= 0.3 is 0 Å². The molecule has 5 rings (SSSR count). The zero-order valence-electron chi connectivity index (χ0n) is 19.4. The molecule has 0 saturated carbocycles. The number of para-hydroxylation sites is 1. The number of rotatable bonds is 9. The highest BCUT2D eigenvalue weighted by molar-refractivity contribution is 7.13. The normalized spacial score (nSPS) is 11.0. The van der Waals surface area contributed by atoms with Crippen LogP contribution in [0.25, 0.3) is 27.6 Å². The van der Waals surface area contributed by atoms with Crippen LogP contribution in [0.15, 0.2) is 88.9 Å². The number of hydrogen-bond donors (Lipinski definition) is 0. The zero-order chi connectivity index (χ0) is 24.0. The lowest BCUT2D eigenvalue weighted by Crippen LogP contribution is -2.26. The van der Waals surface area contributed by atoms with Gasteiger partial charge in [-0.1, -0.05) is 59.8 Å². The van der Waals surface area contributed by atoms with Crippen LogP contribution in [0.1, 0.15) is 24.3 Å². The van der Waals surface area contributed by atoms with Crippen LogP contribution in [0.3, 0.4) is 0 Å². The maximum absolute atomic E-state index is 12.9. The molecule has 8 heteroatoms. The summed E-state index contributed by atoms with van der Waals surface area (Å²) in [7, 11) is 1.83. The van der Waals surface area contributed by atoms with E-state index in [4.69, 9.17) is 9.62 Å². The molecule has 5 aromatic rings. The molecular formula is C27H25N5O2S. The van der Waals surface area contributed by atoms with Gasteiger partial charge in [-0.15, -0.1) is 11.3 Å². The van der Waals surface area contributed by atoms with E-state index in [0.717, 1.165) is 27.4 Å². The monoisotopic (exact) mass is 483 g/mol. The number of hydrogen-bond acceptors (Lipinski definition) is 6. The molecule has 0 aliphatic rings. The molecule has 0 N–H and O–H groups in total. The lowest BCUT2D eigenvalue weighted by Gasteiger charge is -2.17. The highest BCUT2D eigenvalue weighted by Gasteiger charge is 2.17. The number of carbonyl (C=O) groups is 1. The Morgan fingerprint density at radius 3 is 2.54 bits per heavy atom. The lowest BCUT2D eigenvalue weighted by molar-refractivity contribution is -0.130. The molecule has 0 aliphatic carbocycles. The highest BCUT2D eigenvalue weighted by atomic mass is 32.1. The van der Waals surface area contributed by atoms with Crippen LogP contribution in [-0.2, 0) is 17.8 Å². The second-order valence-corrected chi connectivity index (χ2v) is 9.19. The zero-order valence-corrected chi connectivity index (χ0v) is 20.2. The molecular weight excluding hydrogens is 458 g/mol. The van der Waals surface area contributed by atoms with E-state index in [9.17, 15) is 4.79 Å². The summed E-state index contributed by atoms with van der Waals surface area (Å²) in [6, 6.07) is 24.0. The van der Waals surface area contributed by atoms with Crippen molar-refractivity contribution >= 4 is 17.2 Å². The summed E-state index contributed by atoms with van der Waals surface area (Å²) >= 11 is 1.57. The van der Waals surface area contributed by atoms with E-state index in [2.05, 4.69) is 10.1 Å². The minimum Gasteiger partial charge on any atom is -0.341 e. The Hall–Kier alpha value is -4.04. The number of thiophene rings is 1. The van der Waals surface area contributed by atoms with Gasteiger partial charge in [-0.05, 0) is 30.0 Å². The van der Waals surface area contributed by atoms with Crippen molar-refractivity contribution in [1.29, 1.82) is 0 Å². The highest BCUT2D eigenvalue weighted by Crippen LogP contribution is 2.25. The largest absolute Gasteiger partial charge is 0.341 e. The molecule has 0 aliphatic heterocycles. The van der Waals surface area contributed by atoms with Gasteiger partial charge in [-0.3, -0.25) is 4.79 Å². The van der Waals surface area contributed by atoms with Crippen molar-refractivity contribution < 1.29 is 9.32 Å². The minimum absolute atomic E-state index is 0.0643. The van der Waals surface area contributed by atoms with Crippen LogP contribution in [0, 0.1) is 0 Å². The average Bonchev–Trinajstić information content (AvgIpc) is 3.66. The molecule has 35 heavy (non-hydrogen) atoms. The van der Waals surface area contributed by atoms with E-state index in [0.29, 0.717) is 37.5 Å². The first-order valence-electron chi connectivity index (χ1n) is 11.5. The molecule has 0 radical (unpaired) electrons. The molecule has 0 saturated heterocycles. The second kappa shape index (κ2) is 10.5. The van der Waals surface area contributed by atoms with Gasteiger partial charge in [-0.2, -0.15) is 10.1 Å². The van der Waals surface area contributed by atoms with Crippen molar-refractivity contribution in [2.45, 2.75) is 25.8 Å². The molecule has 7 nitrogen and oxygen atoms in total. The third kappa shape index (κ3) is 5.38. The Labute approximate surface area is 207 Å². The van der Waals surface area contributed by atoms with Gasteiger partial charge in [0.05, 0.1) is 16.3 Å². The Bertz CT molecular complexity index is 1380. The first-order valence-corrected chi connectivity index (χ1v) is 12.3. The molecule has 2 aromatic carbocycles. The van der Waals surface area contributed by atoms with Crippen molar-refractivity contribution in [3.05, 3.63) is 95.8 Å². The van der Waals surface area contributed by atoms with Gasteiger partial charge in [0.25, 0.3) is 0 Å². The fraction of sp³-hybridized carbons (Fsp3) is 0.185. The van der Waals surface area contributed by atoms with E-state index in [1.165, 1.54) is 0 Å². The van der Waals surface area contributed by atoms with Crippen LogP contribution in [0.4, 0.5) is 0 Å². The Balaban J connectivity index is 1.24. The third-order valence-electron chi connectivity index (χ3n) is 5.68. The summed E-state index contributed by atoms with van der Waals surface area (Å²) in [5, 5.41) is 10.9. The fourth-order valence-electron chi connectivity index (χ4n) is 3.87. The van der Waals surface area contributed by atoms with Gasteiger partial charge in [0.15, 0.2) is 0 Å². The summed E-state index contributed by atoms with van der Waals surface area (Å²) < 4.78 is 7.22. The van der Waals surface area contributed by atoms with Crippen LogP contribution < -0.4 is 0 Å². The first-order chi connectivity index (χ1) is 17.2. The van der Waals surface area contributed by atoms with E-state index >= 15 is 0 Å². The number of nitrogens with zero attached hydrogens (tertiary/aromatic N) is 5. The Morgan fingerprint density at radius 2 is 1.80 bits per heavy atom. The standard InChI is InChI=1S/C27H25N5O2S/c1-31(25(33)16-8-15-24-28-27(30-34-24)23-14-9-17-35-23)18-21-19-32(22-12-6-3-7-13-22)29-26(21)20-10-4-2-5-11-20/h2-7,9-14,17,19H,8,15-16,18H2,1H3. The van der Waals surface area contributed by atoms with Crippen LogP contribution >= 0.6 is 11.3 Å². The van der Waals surface area contributed by atoms with Gasteiger partial charge in [0, 0.05) is 43.8 Å². The maximum Gasteiger partial charge on any atom is 0.226 e. The summed E-state index contributed by atoms with van der Waals surface area (Å²) in [6.07, 6.45) is 3.62. The van der Waals surface area contributed by atoms with Gasteiger partial charge < -0.3 is 9.42 Å². The summed E-state index contributed by atoms with van der Waals surface area (Å²) in [4.78, 5) is 20.1. The van der Waals surface area contributed by atoms with Gasteiger partial charge in [0.1, 0.15) is 0 Å². The van der Waals surface area contributed by atoms with Crippen molar-refractivity contribution in [3.63, 3.8) is 0 Å². The summed E-state index contributed by atoms with van der Waals surface area (Å²) in [6.45, 7) is 0.471. The quantitative estimate of drug-likeness (QED) is 0.271. The molecule has 3 aromatic heterocycles. The molecule has 1 amide bonds.